The third-order valence-corrected chi connectivity index (χ3v) is 9.60. The molecule has 4 rings (SSSR count). The molecule has 2 fully saturated rings. The van der Waals surface area contributed by atoms with Crippen molar-refractivity contribution >= 4 is 44.6 Å². The van der Waals surface area contributed by atoms with E-state index in [1.54, 1.807) is 20.8 Å². The van der Waals surface area contributed by atoms with Gasteiger partial charge in [0.05, 0.1) is 15.6 Å². The Labute approximate surface area is 210 Å². The molecule has 184 valence electrons. The van der Waals surface area contributed by atoms with Gasteiger partial charge in [0.15, 0.2) is 9.84 Å². The summed E-state index contributed by atoms with van der Waals surface area (Å²) in [7, 11) is -3.95. The second-order valence-corrected chi connectivity index (χ2v) is 13.1. The minimum Gasteiger partial charge on any atom is -0.381 e. The molecule has 2 aromatic rings. The highest BCUT2D eigenvalue weighted by molar-refractivity contribution is 7.92. The smallest absolute Gasteiger partial charge is 0.232 e. The summed E-state index contributed by atoms with van der Waals surface area (Å²) in [4.78, 5) is 14.7. The van der Waals surface area contributed by atoms with Crippen LogP contribution in [0.5, 0.6) is 0 Å². The van der Waals surface area contributed by atoms with E-state index < -0.39 is 25.8 Å². The van der Waals surface area contributed by atoms with Crippen LogP contribution in [-0.2, 0) is 24.1 Å². The molecule has 1 heterocycles. The number of hydrogen-bond acceptors (Lipinski definition) is 4. The van der Waals surface area contributed by atoms with Crippen molar-refractivity contribution in [2.75, 3.05) is 18.1 Å². The first-order valence-electron chi connectivity index (χ1n) is 11.3. The molecule has 2 aliphatic rings. The Morgan fingerprint density at radius 1 is 1.09 bits per heavy atom. The number of halogens is 3. The number of anilines is 1. The van der Waals surface area contributed by atoms with Gasteiger partial charge in [-0.25, -0.2) is 12.8 Å². The average Bonchev–Trinajstić information content (AvgIpc) is 3.61. The van der Waals surface area contributed by atoms with Crippen LogP contribution in [0, 0.1) is 11.2 Å². The number of benzene rings is 2. The number of ether oxygens (including phenoxy) is 1. The van der Waals surface area contributed by atoms with Gasteiger partial charge in [-0.3, -0.25) is 4.79 Å². The maximum atomic E-state index is 15.7. The van der Waals surface area contributed by atoms with Crippen molar-refractivity contribution < 1.29 is 22.3 Å². The van der Waals surface area contributed by atoms with Gasteiger partial charge in [0, 0.05) is 29.7 Å². The summed E-state index contributed by atoms with van der Waals surface area (Å²) in [5.74, 6) is -0.928. The Balaban J connectivity index is 1.85. The molecule has 5 nitrogen and oxygen atoms in total. The largest absolute Gasteiger partial charge is 0.381 e. The number of amides is 1. The fraction of sp³-hybridized carbons (Fsp3) is 0.480. The van der Waals surface area contributed by atoms with Crippen LogP contribution in [0.4, 0.5) is 10.1 Å². The van der Waals surface area contributed by atoms with Gasteiger partial charge >= 0.3 is 0 Å². The molecule has 0 radical (unpaired) electrons. The van der Waals surface area contributed by atoms with Crippen molar-refractivity contribution in [3.8, 4) is 0 Å². The van der Waals surface area contributed by atoms with Crippen LogP contribution < -0.4 is 4.90 Å². The molecule has 34 heavy (non-hydrogen) atoms. The molecule has 1 saturated carbocycles. The van der Waals surface area contributed by atoms with Gasteiger partial charge in [-0.05, 0) is 67.6 Å². The van der Waals surface area contributed by atoms with E-state index >= 15 is 4.39 Å². The van der Waals surface area contributed by atoms with Crippen LogP contribution in [0.2, 0.25) is 10.0 Å². The number of sulfone groups is 1. The highest BCUT2D eigenvalue weighted by Crippen LogP contribution is 2.47. The second kappa shape index (κ2) is 9.08. The van der Waals surface area contributed by atoms with Gasteiger partial charge in [-0.2, -0.15) is 0 Å². The predicted octanol–water partition coefficient (Wildman–Crippen LogP) is 6.15. The number of carbonyl (C=O) groups is 1. The number of rotatable bonds is 5. The average molecular weight is 528 g/mol. The van der Waals surface area contributed by atoms with Crippen molar-refractivity contribution in [2.24, 2.45) is 5.41 Å². The molecule has 0 aromatic heterocycles. The van der Waals surface area contributed by atoms with E-state index in [4.69, 9.17) is 27.9 Å². The topological polar surface area (TPSA) is 63.7 Å². The number of hydrogen-bond donors (Lipinski definition) is 0. The van der Waals surface area contributed by atoms with Crippen molar-refractivity contribution in [1.82, 2.24) is 0 Å². The molecule has 2 aromatic carbocycles. The van der Waals surface area contributed by atoms with Gasteiger partial charge in [0.2, 0.25) is 5.91 Å². The predicted molar refractivity (Wildman–Crippen MR) is 132 cm³/mol. The van der Waals surface area contributed by atoms with Gasteiger partial charge in [-0.1, -0.05) is 44.0 Å². The summed E-state index contributed by atoms with van der Waals surface area (Å²) in [5.41, 5.74) is -0.452. The third kappa shape index (κ3) is 4.48. The maximum Gasteiger partial charge on any atom is 0.232 e. The van der Waals surface area contributed by atoms with Crippen molar-refractivity contribution in [1.29, 1.82) is 0 Å². The zero-order valence-electron chi connectivity index (χ0n) is 19.4. The lowest BCUT2D eigenvalue weighted by molar-refractivity contribution is -0.125. The minimum atomic E-state index is -3.95. The highest BCUT2D eigenvalue weighted by atomic mass is 35.5. The fourth-order valence-electron chi connectivity index (χ4n) is 4.46. The standard InChI is InChI=1S/C25H28Cl2FNO4S/c1-24(2,3)23(30)29(18-6-7-18)22-20(27)14-16(15-21(22)28)25(10-12-33-13-11-25)34(31,32)19-8-4-17(26)5-9-19/h4-5,8-9,14-15,18H,6-7,10-13H2,1-3H3. The molecule has 1 aliphatic carbocycles. The van der Waals surface area contributed by atoms with Crippen LogP contribution >= 0.6 is 23.2 Å². The van der Waals surface area contributed by atoms with Crippen LogP contribution in [0.3, 0.4) is 0 Å². The lowest BCUT2D eigenvalue weighted by atomic mass is 9.89. The highest BCUT2D eigenvalue weighted by Gasteiger charge is 2.49. The van der Waals surface area contributed by atoms with Crippen molar-refractivity contribution in [2.45, 2.75) is 62.1 Å². The van der Waals surface area contributed by atoms with Crippen molar-refractivity contribution in [3.05, 3.63) is 57.8 Å². The van der Waals surface area contributed by atoms with Gasteiger partial charge in [0.25, 0.3) is 0 Å². The summed E-state index contributed by atoms with van der Waals surface area (Å²) in [5, 5.41) is 0.443. The molecule has 0 atom stereocenters. The lowest BCUT2D eigenvalue weighted by Gasteiger charge is -2.38. The second-order valence-electron chi connectivity index (χ2n) is 10.0. The van der Waals surface area contributed by atoms with E-state index in [1.807, 2.05) is 0 Å². The Bertz CT molecular complexity index is 1180. The Kier molecular flexibility index (Phi) is 6.79. The number of nitrogens with zero attached hydrogens (tertiary/aromatic N) is 1. The number of carbonyl (C=O) groups excluding carboxylic acids is 1. The van der Waals surface area contributed by atoms with Gasteiger partial charge in [0.1, 0.15) is 10.6 Å². The first-order chi connectivity index (χ1) is 15.9. The molecule has 9 heteroatoms. The normalized spacial score (nSPS) is 18.5. The van der Waals surface area contributed by atoms with E-state index in [9.17, 15) is 13.2 Å². The van der Waals surface area contributed by atoms with Crippen molar-refractivity contribution in [3.63, 3.8) is 0 Å². The fourth-order valence-corrected chi connectivity index (χ4v) is 6.96. The molecule has 0 spiro atoms. The first-order valence-corrected chi connectivity index (χ1v) is 13.5. The van der Waals surface area contributed by atoms with Gasteiger partial charge in [-0.15, -0.1) is 0 Å². The Morgan fingerprint density at radius 3 is 2.18 bits per heavy atom. The van der Waals surface area contributed by atoms with Crippen LogP contribution in [0.15, 0.2) is 41.3 Å². The van der Waals surface area contributed by atoms with Crippen LogP contribution in [0.1, 0.15) is 52.0 Å². The summed E-state index contributed by atoms with van der Waals surface area (Å²) >= 11 is 12.6. The summed E-state index contributed by atoms with van der Waals surface area (Å²) < 4.78 is 47.6. The monoisotopic (exact) mass is 527 g/mol. The zero-order valence-corrected chi connectivity index (χ0v) is 21.7. The summed E-state index contributed by atoms with van der Waals surface area (Å²) in [6.07, 6.45) is 1.85. The minimum absolute atomic E-state index is 0.0129. The molecule has 1 amide bonds. The third-order valence-electron chi connectivity index (χ3n) is 6.50. The summed E-state index contributed by atoms with van der Waals surface area (Å²) in [6, 6.07) is 8.57. The zero-order chi connectivity index (χ0) is 24.9. The molecule has 0 N–H and O–H groups in total. The van der Waals surface area contributed by atoms with E-state index in [-0.39, 0.29) is 59.2 Å². The lowest BCUT2D eigenvalue weighted by Crippen LogP contribution is -2.43. The SMILES string of the molecule is CC(C)(C)C(=O)N(c1c(F)cc(C2(S(=O)(=O)c3ccc(Cl)cc3)CCOCC2)cc1Cl)C1CC1. The summed E-state index contributed by atoms with van der Waals surface area (Å²) in [6.45, 7) is 5.76. The van der Waals surface area contributed by atoms with E-state index in [0.717, 1.165) is 12.8 Å². The van der Waals surface area contributed by atoms with Crippen LogP contribution in [-0.4, -0.2) is 33.6 Å². The molecule has 1 aliphatic heterocycles. The van der Waals surface area contributed by atoms with Gasteiger partial charge < -0.3 is 9.64 Å². The molecular weight excluding hydrogens is 500 g/mol. The van der Waals surface area contributed by atoms with Crippen LogP contribution in [0.25, 0.3) is 0 Å². The maximum absolute atomic E-state index is 15.7. The first kappa shape index (κ1) is 25.4. The Hall–Kier alpha value is -1.67. The molecular formula is C25H28Cl2FNO4S. The molecule has 0 unspecified atom stereocenters. The quantitative estimate of drug-likeness (QED) is 0.467. The molecule has 0 bridgehead atoms. The van der Waals surface area contributed by atoms with E-state index in [0.29, 0.717) is 5.02 Å². The van der Waals surface area contributed by atoms with E-state index in [2.05, 4.69) is 0 Å². The van der Waals surface area contributed by atoms with E-state index in [1.165, 1.54) is 41.3 Å². The Morgan fingerprint density at radius 2 is 1.68 bits per heavy atom. The molecule has 1 saturated heterocycles.